The van der Waals surface area contributed by atoms with Gasteiger partial charge in [-0.15, -0.1) is 0 Å². The monoisotopic (exact) mass is 265 g/mol. The van der Waals surface area contributed by atoms with Crippen molar-refractivity contribution >= 4 is 12.1 Å². The first-order valence-corrected chi connectivity index (χ1v) is 5.86. The van der Waals surface area contributed by atoms with Gasteiger partial charge in [-0.05, 0) is 13.0 Å². The average Bonchev–Trinajstić information content (AvgIpc) is 2.55. The Morgan fingerprint density at radius 3 is 2.79 bits per heavy atom. The van der Waals surface area contributed by atoms with E-state index < -0.39 is 17.7 Å². The number of rotatable bonds is 4. The number of benzene rings is 1. The highest BCUT2D eigenvalue weighted by atomic mass is 16.6. The lowest BCUT2D eigenvalue weighted by atomic mass is 10.0. The average molecular weight is 265 g/mol. The molecule has 1 aliphatic rings. The fraction of sp³-hybridized carbons (Fsp3) is 0.385. The summed E-state index contributed by atoms with van der Waals surface area (Å²) < 4.78 is 5.11. The van der Waals surface area contributed by atoms with Crippen LogP contribution in [0.5, 0.6) is 5.75 Å². The molecule has 6 nitrogen and oxygen atoms in total. The van der Waals surface area contributed by atoms with Crippen molar-refractivity contribution in [2.24, 2.45) is 0 Å². The van der Waals surface area contributed by atoms with Gasteiger partial charge in [0.15, 0.2) is 0 Å². The third-order valence-corrected chi connectivity index (χ3v) is 3.00. The molecule has 1 heterocycles. The van der Waals surface area contributed by atoms with Gasteiger partial charge in [-0.1, -0.05) is 18.2 Å². The lowest BCUT2D eigenvalue weighted by Crippen LogP contribution is -2.33. The predicted molar refractivity (Wildman–Crippen MR) is 65.7 cm³/mol. The van der Waals surface area contributed by atoms with Gasteiger partial charge in [-0.3, -0.25) is 9.69 Å². The van der Waals surface area contributed by atoms with Crippen LogP contribution in [0.15, 0.2) is 24.3 Å². The molecular formula is C13H15NO5. The van der Waals surface area contributed by atoms with Crippen molar-refractivity contribution in [3.05, 3.63) is 29.8 Å². The molecule has 2 N–H and O–H groups in total. The van der Waals surface area contributed by atoms with E-state index in [1.54, 1.807) is 25.1 Å². The molecule has 1 saturated heterocycles. The highest BCUT2D eigenvalue weighted by Crippen LogP contribution is 2.28. The molecule has 2 rings (SSSR count). The van der Waals surface area contributed by atoms with Crippen LogP contribution >= 0.6 is 0 Å². The second-order valence-corrected chi connectivity index (χ2v) is 4.87. The molecule has 1 unspecified atom stereocenters. The Morgan fingerprint density at radius 1 is 1.47 bits per heavy atom. The summed E-state index contributed by atoms with van der Waals surface area (Å²) in [5.41, 5.74) is -0.424. The molecule has 1 aliphatic heterocycles. The van der Waals surface area contributed by atoms with Crippen LogP contribution in [0.1, 0.15) is 18.9 Å². The van der Waals surface area contributed by atoms with Crippen LogP contribution in [0.4, 0.5) is 4.79 Å². The van der Waals surface area contributed by atoms with E-state index in [1.807, 2.05) is 0 Å². The van der Waals surface area contributed by atoms with Crippen molar-refractivity contribution < 1.29 is 24.5 Å². The van der Waals surface area contributed by atoms with Crippen molar-refractivity contribution in [1.29, 1.82) is 0 Å². The molecule has 6 heteroatoms. The Labute approximate surface area is 110 Å². The smallest absolute Gasteiger partial charge is 0.410 e. The molecule has 0 aliphatic carbocycles. The lowest BCUT2D eigenvalue weighted by Gasteiger charge is -2.19. The zero-order valence-corrected chi connectivity index (χ0v) is 10.5. The summed E-state index contributed by atoms with van der Waals surface area (Å²) in [4.78, 5) is 23.8. The Balaban J connectivity index is 2.09. The molecule has 0 aromatic heterocycles. The minimum absolute atomic E-state index is 0.0992. The number of aliphatic carboxylic acids is 1. The van der Waals surface area contributed by atoms with Gasteiger partial charge in [0.25, 0.3) is 0 Å². The fourth-order valence-corrected chi connectivity index (χ4v) is 2.16. The third-order valence-electron chi connectivity index (χ3n) is 3.00. The summed E-state index contributed by atoms with van der Waals surface area (Å²) in [6.45, 7) is 1.97. The first kappa shape index (κ1) is 13.2. The third kappa shape index (κ3) is 2.96. The van der Waals surface area contributed by atoms with Crippen molar-refractivity contribution in [3.8, 4) is 5.75 Å². The molecular weight excluding hydrogens is 250 g/mol. The number of para-hydroxylation sites is 1. The number of carboxylic acid groups (broad SMARTS) is 1. The molecule has 102 valence electrons. The maximum atomic E-state index is 11.7. The number of nitrogens with zero attached hydrogens (tertiary/aromatic N) is 1. The molecule has 1 amide bonds. The molecule has 1 aromatic rings. The van der Waals surface area contributed by atoms with E-state index in [1.165, 1.54) is 11.0 Å². The largest absolute Gasteiger partial charge is 0.508 e. The summed E-state index contributed by atoms with van der Waals surface area (Å²) in [5.74, 6) is -0.915. The number of ether oxygens (including phenoxy) is 1. The minimum Gasteiger partial charge on any atom is -0.508 e. The highest BCUT2D eigenvalue weighted by molar-refractivity contribution is 5.74. The zero-order chi connectivity index (χ0) is 14.0. The molecule has 0 radical (unpaired) electrons. The number of hydrogen-bond acceptors (Lipinski definition) is 4. The van der Waals surface area contributed by atoms with Gasteiger partial charge in [-0.2, -0.15) is 0 Å². The van der Waals surface area contributed by atoms with Gasteiger partial charge in [0, 0.05) is 5.56 Å². The summed E-state index contributed by atoms with van der Waals surface area (Å²) >= 11 is 0. The van der Waals surface area contributed by atoms with Crippen molar-refractivity contribution in [1.82, 2.24) is 4.90 Å². The summed E-state index contributed by atoms with van der Waals surface area (Å²) in [6, 6.07) is 6.69. The van der Waals surface area contributed by atoms with Gasteiger partial charge in [-0.25, -0.2) is 4.79 Å². The van der Waals surface area contributed by atoms with Gasteiger partial charge in [0.1, 0.15) is 11.4 Å². The zero-order valence-electron chi connectivity index (χ0n) is 10.5. The van der Waals surface area contributed by atoms with Crippen LogP contribution in [0.25, 0.3) is 0 Å². The Bertz CT molecular complexity index is 516. The van der Waals surface area contributed by atoms with Crippen LogP contribution in [-0.4, -0.2) is 39.3 Å². The molecule has 1 aromatic carbocycles. The maximum Gasteiger partial charge on any atom is 0.410 e. The standard InChI is InChI=1S/C13H15NO5/c1-13(6-11(16)17)8-14(12(18)19-13)7-9-4-2-3-5-10(9)15/h2-5,15H,6-8H2,1H3,(H,16,17). The summed E-state index contributed by atoms with van der Waals surface area (Å²) in [7, 11) is 0. The second-order valence-electron chi connectivity index (χ2n) is 4.87. The van der Waals surface area contributed by atoms with E-state index in [-0.39, 0.29) is 25.3 Å². The van der Waals surface area contributed by atoms with E-state index in [2.05, 4.69) is 0 Å². The lowest BCUT2D eigenvalue weighted by molar-refractivity contribution is -0.140. The van der Waals surface area contributed by atoms with Crippen LogP contribution in [0.2, 0.25) is 0 Å². The normalized spacial score (nSPS) is 22.4. The number of carbonyl (C=O) groups is 2. The van der Waals surface area contributed by atoms with Crippen LogP contribution in [0.3, 0.4) is 0 Å². The number of cyclic esters (lactones) is 1. The van der Waals surface area contributed by atoms with E-state index in [0.29, 0.717) is 5.56 Å². The Hall–Kier alpha value is -2.24. The fourth-order valence-electron chi connectivity index (χ4n) is 2.16. The van der Waals surface area contributed by atoms with Crippen LogP contribution < -0.4 is 0 Å². The maximum absolute atomic E-state index is 11.7. The molecule has 0 spiro atoms. The molecule has 1 fully saturated rings. The number of amides is 1. The van der Waals surface area contributed by atoms with Gasteiger partial charge >= 0.3 is 12.1 Å². The number of carboxylic acids is 1. The van der Waals surface area contributed by atoms with Gasteiger partial charge in [0.2, 0.25) is 0 Å². The number of hydrogen-bond donors (Lipinski definition) is 2. The quantitative estimate of drug-likeness (QED) is 0.863. The molecule has 0 bridgehead atoms. The minimum atomic E-state index is -1.02. The first-order valence-electron chi connectivity index (χ1n) is 5.86. The van der Waals surface area contributed by atoms with Crippen molar-refractivity contribution in [2.45, 2.75) is 25.5 Å². The first-order chi connectivity index (χ1) is 8.89. The number of phenols is 1. The van der Waals surface area contributed by atoms with Crippen molar-refractivity contribution in [2.75, 3.05) is 6.54 Å². The number of aromatic hydroxyl groups is 1. The van der Waals surface area contributed by atoms with E-state index in [9.17, 15) is 14.7 Å². The highest BCUT2D eigenvalue weighted by Gasteiger charge is 2.43. The molecule has 19 heavy (non-hydrogen) atoms. The molecule has 0 saturated carbocycles. The summed E-state index contributed by atoms with van der Waals surface area (Å²) in [6.07, 6.45) is -0.803. The van der Waals surface area contributed by atoms with Gasteiger partial charge in [0.05, 0.1) is 19.5 Å². The van der Waals surface area contributed by atoms with E-state index in [4.69, 9.17) is 9.84 Å². The van der Waals surface area contributed by atoms with Crippen LogP contribution in [0, 0.1) is 0 Å². The topological polar surface area (TPSA) is 87.1 Å². The van der Waals surface area contributed by atoms with E-state index in [0.717, 1.165) is 0 Å². The Kier molecular flexibility index (Phi) is 3.33. The number of carbonyl (C=O) groups excluding carboxylic acids is 1. The summed E-state index contributed by atoms with van der Waals surface area (Å²) in [5, 5.41) is 18.5. The predicted octanol–water partition coefficient (Wildman–Crippen LogP) is 1.58. The Morgan fingerprint density at radius 2 is 2.16 bits per heavy atom. The number of phenolic OH excluding ortho intramolecular Hbond substituents is 1. The second kappa shape index (κ2) is 4.79. The SMILES string of the molecule is CC1(CC(=O)O)CN(Cc2ccccc2O)C(=O)O1. The molecule has 1 atom stereocenters. The van der Waals surface area contributed by atoms with Crippen molar-refractivity contribution in [3.63, 3.8) is 0 Å². The van der Waals surface area contributed by atoms with E-state index >= 15 is 0 Å². The van der Waals surface area contributed by atoms with Crippen LogP contribution in [-0.2, 0) is 16.1 Å². The van der Waals surface area contributed by atoms with Gasteiger partial charge < -0.3 is 14.9 Å².